The molecule has 0 saturated carbocycles. The highest BCUT2D eigenvalue weighted by Crippen LogP contribution is 2.17. The maximum atomic E-state index is 5.42. The molecule has 9 heteroatoms. The average molecular weight is 473 g/mol. The number of guanidine groups is 1. The largest absolute Gasteiger partial charge is 0.361 e. The number of nitrogens with one attached hydrogen (secondary N) is 2. The van der Waals surface area contributed by atoms with Crippen LogP contribution >= 0.6 is 24.0 Å². The first kappa shape index (κ1) is 20.7. The Bertz CT molecular complexity index is 716. The second-order valence-corrected chi connectivity index (χ2v) is 6.07. The first-order valence-corrected chi connectivity index (χ1v) is 9.16. The van der Waals surface area contributed by atoms with E-state index in [2.05, 4.69) is 51.3 Å². The Morgan fingerprint density at radius 3 is 2.77 bits per heavy atom. The van der Waals surface area contributed by atoms with Crippen molar-refractivity contribution in [3.05, 3.63) is 28.7 Å². The fourth-order valence-electron chi connectivity index (χ4n) is 3.12. The molecule has 0 atom stereocenters. The van der Waals surface area contributed by atoms with E-state index < -0.39 is 0 Å². The van der Waals surface area contributed by atoms with Crippen LogP contribution in [0.25, 0.3) is 0 Å². The fourth-order valence-corrected chi connectivity index (χ4v) is 3.12. The summed E-state index contributed by atoms with van der Waals surface area (Å²) in [5.41, 5.74) is 2.09. The molecule has 8 nitrogen and oxygen atoms in total. The summed E-state index contributed by atoms with van der Waals surface area (Å²) in [6, 6.07) is 0. The minimum absolute atomic E-state index is 0. The summed E-state index contributed by atoms with van der Waals surface area (Å²) in [7, 11) is 0. The highest BCUT2D eigenvalue weighted by molar-refractivity contribution is 14.0. The molecule has 0 unspecified atom stereocenters. The van der Waals surface area contributed by atoms with E-state index in [4.69, 9.17) is 9.52 Å². The number of hydrogen-bond acceptors (Lipinski definition) is 5. The number of aliphatic imine (C=N–C) groups is 1. The van der Waals surface area contributed by atoms with Gasteiger partial charge in [-0.3, -0.25) is 0 Å². The van der Waals surface area contributed by atoms with Crippen LogP contribution in [0, 0.1) is 0 Å². The number of nitrogens with zero attached hydrogens (tertiary/aromatic N) is 5. The Balaban J connectivity index is 0.00000243. The van der Waals surface area contributed by atoms with Crippen molar-refractivity contribution in [2.75, 3.05) is 6.54 Å². The smallest absolute Gasteiger partial charge is 0.191 e. The Labute approximate surface area is 171 Å². The van der Waals surface area contributed by atoms with Crippen molar-refractivity contribution in [2.45, 2.75) is 66.1 Å². The number of aryl methyl sites for hydroxylation is 3. The minimum atomic E-state index is 0. The average Bonchev–Trinajstić information content (AvgIpc) is 3.32. The van der Waals surface area contributed by atoms with E-state index in [1.165, 1.54) is 0 Å². The lowest BCUT2D eigenvalue weighted by Gasteiger charge is -2.11. The van der Waals surface area contributed by atoms with E-state index in [9.17, 15) is 0 Å². The summed E-state index contributed by atoms with van der Waals surface area (Å²) in [5, 5.41) is 19.3. The monoisotopic (exact) mass is 473 g/mol. The molecule has 2 N–H and O–H groups in total. The van der Waals surface area contributed by atoms with Gasteiger partial charge in [-0.05, 0) is 19.8 Å². The van der Waals surface area contributed by atoms with E-state index in [0.29, 0.717) is 13.1 Å². The van der Waals surface area contributed by atoms with E-state index in [1.807, 2.05) is 0 Å². The van der Waals surface area contributed by atoms with E-state index in [0.717, 1.165) is 73.4 Å². The van der Waals surface area contributed by atoms with E-state index in [1.54, 1.807) is 0 Å². The zero-order valence-corrected chi connectivity index (χ0v) is 18.0. The quantitative estimate of drug-likeness (QED) is 0.364. The van der Waals surface area contributed by atoms with Crippen LogP contribution in [-0.2, 0) is 38.9 Å². The first-order chi connectivity index (χ1) is 12.3. The third-order valence-corrected chi connectivity index (χ3v) is 4.45. The van der Waals surface area contributed by atoms with Crippen molar-refractivity contribution >= 4 is 29.9 Å². The predicted molar refractivity (Wildman–Crippen MR) is 111 cm³/mol. The zero-order chi connectivity index (χ0) is 17.6. The molecule has 0 bridgehead atoms. The summed E-state index contributed by atoms with van der Waals surface area (Å²) in [5.74, 6) is 3.74. The molecular weight excluding hydrogens is 445 g/mol. The molecule has 2 aromatic rings. The van der Waals surface area contributed by atoms with Gasteiger partial charge in [-0.25, -0.2) is 4.99 Å². The van der Waals surface area contributed by atoms with Crippen LogP contribution in [0.2, 0.25) is 0 Å². The Morgan fingerprint density at radius 2 is 2.04 bits per heavy atom. The summed E-state index contributed by atoms with van der Waals surface area (Å²) >= 11 is 0. The Hall–Kier alpha value is -1.65. The van der Waals surface area contributed by atoms with Crippen LogP contribution < -0.4 is 10.6 Å². The molecule has 1 aliphatic heterocycles. The summed E-state index contributed by atoms with van der Waals surface area (Å²) < 4.78 is 7.61. The number of aromatic nitrogens is 4. The van der Waals surface area contributed by atoms with Gasteiger partial charge >= 0.3 is 0 Å². The molecule has 1 aliphatic rings. The SMILES string of the molecule is CCNC(=NCc1c(CC)noc1CC)NCc1nnc2n1CCC2.I. The van der Waals surface area contributed by atoms with Gasteiger partial charge in [0, 0.05) is 31.5 Å². The third-order valence-electron chi connectivity index (χ3n) is 4.45. The number of rotatable bonds is 7. The van der Waals surface area contributed by atoms with Crippen LogP contribution in [-0.4, -0.2) is 32.4 Å². The van der Waals surface area contributed by atoms with Gasteiger partial charge in [0.2, 0.25) is 0 Å². The summed E-state index contributed by atoms with van der Waals surface area (Å²) in [6.45, 7) is 9.19. The van der Waals surface area contributed by atoms with Gasteiger partial charge in [0.05, 0.1) is 18.8 Å². The van der Waals surface area contributed by atoms with Crippen LogP contribution in [0.3, 0.4) is 0 Å². The van der Waals surface area contributed by atoms with Crippen LogP contribution in [0.4, 0.5) is 0 Å². The molecule has 0 amide bonds. The van der Waals surface area contributed by atoms with Gasteiger partial charge in [0.15, 0.2) is 11.8 Å². The normalized spacial score (nSPS) is 13.4. The molecule has 0 fully saturated rings. The molecule has 0 radical (unpaired) electrons. The van der Waals surface area contributed by atoms with Gasteiger partial charge in [-0.15, -0.1) is 34.2 Å². The summed E-state index contributed by atoms with van der Waals surface area (Å²) in [4.78, 5) is 4.70. The van der Waals surface area contributed by atoms with Crippen molar-refractivity contribution in [1.29, 1.82) is 0 Å². The van der Waals surface area contributed by atoms with Crippen LogP contribution in [0.15, 0.2) is 9.52 Å². The third kappa shape index (κ3) is 4.54. The maximum absolute atomic E-state index is 5.42. The highest BCUT2D eigenvalue weighted by atomic mass is 127. The van der Waals surface area contributed by atoms with Crippen molar-refractivity contribution in [3.8, 4) is 0 Å². The molecular formula is C17H28IN7O. The Morgan fingerprint density at radius 1 is 1.19 bits per heavy atom. The standard InChI is InChI=1S/C17H27N7O.HI/c1-4-13-12(14(5-2)25-23-13)10-19-17(18-6-3)20-11-16-22-21-15-8-7-9-24(15)16;/h4-11H2,1-3H3,(H2,18,19,20);1H. The summed E-state index contributed by atoms with van der Waals surface area (Å²) in [6.07, 6.45) is 3.85. The van der Waals surface area contributed by atoms with Gasteiger partial charge in [0.25, 0.3) is 0 Å². The first-order valence-electron chi connectivity index (χ1n) is 9.16. The van der Waals surface area contributed by atoms with Crippen molar-refractivity contribution < 1.29 is 4.52 Å². The number of fused-ring (bicyclic) bond motifs is 1. The molecule has 3 heterocycles. The van der Waals surface area contributed by atoms with Gasteiger partial charge in [-0.1, -0.05) is 19.0 Å². The molecule has 144 valence electrons. The maximum Gasteiger partial charge on any atom is 0.191 e. The number of hydrogen-bond donors (Lipinski definition) is 2. The lowest BCUT2D eigenvalue weighted by atomic mass is 10.1. The lowest BCUT2D eigenvalue weighted by molar-refractivity contribution is 0.380. The molecule has 0 aromatic carbocycles. The highest BCUT2D eigenvalue weighted by Gasteiger charge is 2.17. The second kappa shape index (κ2) is 9.89. The minimum Gasteiger partial charge on any atom is -0.361 e. The molecule has 0 aliphatic carbocycles. The van der Waals surface area contributed by atoms with Crippen molar-refractivity contribution in [3.63, 3.8) is 0 Å². The number of halogens is 1. The molecule has 2 aromatic heterocycles. The zero-order valence-electron chi connectivity index (χ0n) is 15.7. The Kier molecular flexibility index (Phi) is 7.85. The van der Waals surface area contributed by atoms with Crippen LogP contribution in [0.5, 0.6) is 0 Å². The van der Waals surface area contributed by atoms with Gasteiger partial charge < -0.3 is 19.7 Å². The molecule has 3 rings (SSSR count). The predicted octanol–water partition coefficient (Wildman–Crippen LogP) is 2.21. The van der Waals surface area contributed by atoms with E-state index >= 15 is 0 Å². The molecule has 26 heavy (non-hydrogen) atoms. The van der Waals surface area contributed by atoms with Gasteiger partial charge in [-0.2, -0.15) is 0 Å². The fraction of sp³-hybridized carbons (Fsp3) is 0.647. The topological polar surface area (TPSA) is 93.2 Å². The molecule has 0 spiro atoms. The molecule has 0 saturated heterocycles. The second-order valence-electron chi connectivity index (χ2n) is 6.07. The van der Waals surface area contributed by atoms with Gasteiger partial charge in [0.1, 0.15) is 11.6 Å². The van der Waals surface area contributed by atoms with Crippen LogP contribution in [0.1, 0.15) is 55.9 Å². The van der Waals surface area contributed by atoms with Crippen molar-refractivity contribution in [2.24, 2.45) is 4.99 Å². The van der Waals surface area contributed by atoms with Crippen molar-refractivity contribution in [1.82, 2.24) is 30.6 Å². The lowest BCUT2D eigenvalue weighted by Crippen LogP contribution is -2.37. The van der Waals surface area contributed by atoms with E-state index in [-0.39, 0.29) is 24.0 Å².